The van der Waals surface area contributed by atoms with Crippen molar-refractivity contribution >= 4 is 0 Å². The molecule has 4 heterocycles. The number of aliphatic hydroxyl groups is 1. The Morgan fingerprint density at radius 1 is 1.19 bits per heavy atom. The predicted octanol–water partition coefficient (Wildman–Crippen LogP) is 1.63. The molecule has 2 aromatic rings. The third-order valence-corrected chi connectivity index (χ3v) is 6.30. The second kappa shape index (κ2) is 6.87. The second-order valence-corrected chi connectivity index (χ2v) is 8.23. The molecule has 2 aromatic heterocycles. The third kappa shape index (κ3) is 3.46. The van der Waals surface area contributed by atoms with Gasteiger partial charge >= 0.3 is 0 Å². The van der Waals surface area contributed by atoms with E-state index in [1.165, 1.54) is 22.0 Å². The molecule has 0 aliphatic carbocycles. The lowest BCUT2D eigenvalue weighted by molar-refractivity contribution is -0.0678. The minimum Gasteiger partial charge on any atom is -0.388 e. The van der Waals surface area contributed by atoms with Gasteiger partial charge in [0.1, 0.15) is 0 Å². The van der Waals surface area contributed by atoms with Crippen molar-refractivity contribution < 1.29 is 5.11 Å². The molecular weight excluding hydrogens is 342 g/mol. The zero-order valence-electron chi connectivity index (χ0n) is 16.4. The molecular formula is C20H29N5O2. The summed E-state index contributed by atoms with van der Waals surface area (Å²) in [6.07, 6.45) is 5.56. The molecule has 2 aliphatic rings. The Kier molecular flexibility index (Phi) is 4.68. The molecule has 0 spiro atoms. The molecule has 2 aliphatic heterocycles. The van der Waals surface area contributed by atoms with E-state index in [0.717, 1.165) is 31.6 Å². The Labute approximate surface area is 159 Å². The standard InChI is InChI=1S/C20H29N5O2/c1-4-24-15(3)16(11-21-24)12-23-17-6-7-18(23)10-20(27,9-17)13-25-19(26)8-5-14(2)22-25/h5,8,11,17-18,27H,4,6-7,9-10,12-13H2,1-3H3/t17-,18-/m1/s1. The van der Waals surface area contributed by atoms with Crippen LogP contribution in [0.5, 0.6) is 0 Å². The maximum Gasteiger partial charge on any atom is 0.266 e. The second-order valence-electron chi connectivity index (χ2n) is 8.23. The van der Waals surface area contributed by atoms with Gasteiger partial charge in [-0.15, -0.1) is 0 Å². The number of nitrogens with zero attached hydrogens (tertiary/aromatic N) is 5. The van der Waals surface area contributed by atoms with Gasteiger partial charge in [-0.05, 0) is 52.5 Å². The quantitative estimate of drug-likeness (QED) is 0.865. The van der Waals surface area contributed by atoms with Crippen molar-refractivity contribution in [2.24, 2.45) is 0 Å². The zero-order chi connectivity index (χ0) is 19.2. The smallest absolute Gasteiger partial charge is 0.266 e. The van der Waals surface area contributed by atoms with Crippen molar-refractivity contribution in [3.8, 4) is 0 Å². The molecule has 0 saturated carbocycles. The number of fused-ring (bicyclic) bond motifs is 2. The lowest BCUT2D eigenvalue weighted by Gasteiger charge is -2.43. The summed E-state index contributed by atoms with van der Waals surface area (Å²) < 4.78 is 3.47. The first-order valence-electron chi connectivity index (χ1n) is 9.93. The molecule has 0 unspecified atom stereocenters. The molecule has 0 aromatic carbocycles. The van der Waals surface area contributed by atoms with Gasteiger partial charge < -0.3 is 5.11 Å². The molecule has 2 saturated heterocycles. The van der Waals surface area contributed by atoms with Crippen LogP contribution in [0, 0.1) is 13.8 Å². The first kappa shape index (κ1) is 18.4. The summed E-state index contributed by atoms with van der Waals surface area (Å²) in [7, 11) is 0. The molecule has 7 heteroatoms. The maximum atomic E-state index is 12.1. The summed E-state index contributed by atoms with van der Waals surface area (Å²) in [5, 5.41) is 20.0. The van der Waals surface area contributed by atoms with E-state index in [1.807, 2.05) is 17.8 Å². The number of piperidine rings is 1. The molecule has 0 amide bonds. The van der Waals surface area contributed by atoms with Gasteiger partial charge in [-0.25, -0.2) is 4.68 Å². The van der Waals surface area contributed by atoms with Crippen molar-refractivity contribution in [1.29, 1.82) is 0 Å². The SMILES string of the molecule is CCn1ncc(CN2[C@@H]3CC[C@@H]2CC(O)(Cn2nc(C)ccc2=O)C3)c1C. The van der Waals surface area contributed by atoms with Gasteiger partial charge in [0.15, 0.2) is 0 Å². The van der Waals surface area contributed by atoms with Crippen LogP contribution in [0.25, 0.3) is 0 Å². The number of aryl methyl sites for hydroxylation is 2. The molecule has 146 valence electrons. The Balaban J connectivity index is 1.50. The lowest BCUT2D eigenvalue weighted by atomic mass is 9.85. The number of hydrogen-bond acceptors (Lipinski definition) is 5. The van der Waals surface area contributed by atoms with Crippen LogP contribution in [-0.4, -0.2) is 47.3 Å². The van der Waals surface area contributed by atoms with Gasteiger partial charge in [-0.3, -0.25) is 14.4 Å². The summed E-state index contributed by atoms with van der Waals surface area (Å²) >= 11 is 0. The van der Waals surface area contributed by atoms with E-state index in [4.69, 9.17) is 0 Å². The van der Waals surface area contributed by atoms with E-state index < -0.39 is 5.60 Å². The molecule has 1 N–H and O–H groups in total. The van der Waals surface area contributed by atoms with Gasteiger partial charge in [0.2, 0.25) is 0 Å². The third-order valence-electron chi connectivity index (χ3n) is 6.30. The summed E-state index contributed by atoms with van der Waals surface area (Å²) in [5.74, 6) is 0. The van der Waals surface area contributed by atoms with E-state index in [-0.39, 0.29) is 12.1 Å². The maximum absolute atomic E-state index is 12.1. The molecule has 2 atom stereocenters. The van der Waals surface area contributed by atoms with Crippen LogP contribution in [0.15, 0.2) is 23.1 Å². The van der Waals surface area contributed by atoms with Gasteiger partial charge in [-0.1, -0.05) is 0 Å². The normalized spacial score (nSPS) is 28.0. The average Bonchev–Trinajstić information content (AvgIpc) is 3.09. The summed E-state index contributed by atoms with van der Waals surface area (Å²) in [6.45, 7) is 8.16. The van der Waals surface area contributed by atoms with E-state index in [9.17, 15) is 9.90 Å². The Bertz CT molecular complexity index is 873. The molecule has 2 bridgehead atoms. The van der Waals surface area contributed by atoms with Gasteiger partial charge in [-0.2, -0.15) is 10.2 Å². The molecule has 0 radical (unpaired) electrons. The summed E-state index contributed by atoms with van der Waals surface area (Å²) in [5.41, 5.74) is 2.28. The first-order chi connectivity index (χ1) is 12.9. The molecule has 2 fully saturated rings. The fourth-order valence-corrected chi connectivity index (χ4v) is 4.90. The van der Waals surface area contributed by atoms with Crippen LogP contribution in [0.4, 0.5) is 0 Å². The van der Waals surface area contributed by atoms with Crippen molar-refractivity contribution in [3.05, 3.63) is 45.6 Å². The van der Waals surface area contributed by atoms with Crippen LogP contribution in [0.2, 0.25) is 0 Å². The van der Waals surface area contributed by atoms with E-state index >= 15 is 0 Å². The van der Waals surface area contributed by atoms with Gasteiger partial charge in [0.25, 0.3) is 5.56 Å². The highest BCUT2D eigenvalue weighted by Gasteiger charge is 2.47. The minimum atomic E-state index is -0.865. The average molecular weight is 371 g/mol. The molecule has 7 nitrogen and oxygen atoms in total. The zero-order valence-corrected chi connectivity index (χ0v) is 16.4. The Morgan fingerprint density at radius 3 is 2.52 bits per heavy atom. The number of hydrogen-bond donors (Lipinski definition) is 1. The fraction of sp³-hybridized carbons (Fsp3) is 0.650. The van der Waals surface area contributed by atoms with Crippen LogP contribution in [0.3, 0.4) is 0 Å². The number of rotatable bonds is 5. The molecule has 4 rings (SSSR count). The monoisotopic (exact) mass is 371 g/mol. The van der Waals surface area contributed by atoms with E-state index in [1.54, 1.807) is 6.07 Å². The first-order valence-corrected chi connectivity index (χ1v) is 9.93. The molecule has 27 heavy (non-hydrogen) atoms. The van der Waals surface area contributed by atoms with Crippen molar-refractivity contribution in [2.45, 2.75) is 83.8 Å². The van der Waals surface area contributed by atoms with Gasteiger partial charge in [0.05, 0.1) is 24.0 Å². The minimum absolute atomic E-state index is 0.147. The summed E-state index contributed by atoms with van der Waals surface area (Å²) in [4.78, 5) is 14.6. The summed E-state index contributed by atoms with van der Waals surface area (Å²) in [6, 6.07) is 3.94. The van der Waals surface area contributed by atoms with Crippen molar-refractivity contribution in [2.75, 3.05) is 0 Å². The Hall–Kier alpha value is -1.99. The highest BCUT2D eigenvalue weighted by molar-refractivity contribution is 5.17. The van der Waals surface area contributed by atoms with Crippen LogP contribution < -0.4 is 5.56 Å². The highest BCUT2D eigenvalue weighted by Crippen LogP contribution is 2.42. The van der Waals surface area contributed by atoms with Crippen LogP contribution >= 0.6 is 0 Å². The van der Waals surface area contributed by atoms with Crippen LogP contribution in [0.1, 0.15) is 49.6 Å². The van der Waals surface area contributed by atoms with Gasteiger partial charge in [0, 0.05) is 42.5 Å². The Morgan fingerprint density at radius 2 is 1.89 bits per heavy atom. The lowest BCUT2D eigenvalue weighted by Crippen LogP contribution is -2.53. The topological polar surface area (TPSA) is 76.2 Å². The highest BCUT2D eigenvalue weighted by atomic mass is 16.3. The van der Waals surface area contributed by atoms with Crippen molar-refractivity contribution in [1.82, 2.24) is 24.5 Å². The predicted molar refractivity (Wildman–Crippen MR) is 102 cm³/mol. The fourth-order valence-electron chi connectivity index (χ4n) is 4.90. The largest absolute Gasteiger partial charge is 0.388 e. The number of aromatic nitrogens is 4. The van der Waals surface area contributed by atoms with Crippen molar-refractivity contribution in [3.63, 3.8) is 0 Å². The van der Waals surface area contributed by atoms with E-state index in [0.29, 0.717) is 24.9 Å². The van der Waals surface area contributed by atoms with Crippen LogP contribution in [-0.2, 0) is 19.6 Å². The van der Waals surface area contributed by atoms with E-state index in [2.05, 4.69) is 28.9 Å².